The molecule has 0 saturated carbocycles. The molecule has 3 heterocycles. The van der Waals surface area contributed by atoms with Crippen LogP contribution in [0, 0.1) is 19.8 Å². The summed E-state index contributed by atoms with van der Waals surface area (Å²) in [6.07, 6.45) is 1.56. The number of carbonyl (C=O) groups is 2. The van der Waals surface area contributed by atoms with Crippen molar-refractivity contribution in [2.45, 2.75) is 27.7 Å². The van der Waals surface area contributed by atoms with Crippen molar-refractivity contribution < 1.29 is 9.59 Å². The second-order valence-corrected chi connectivity index (χ2v) is 8.16. The number of nitrogens with one attached hydrogen (secondary N) is 3. The molecule has 1 aromatic heterocycles. The molecule has 0 aliphatic carbocycles. The van der Waals surface area contributed by atoms with E-state index in [1.165, 1.54) is 0 Å². The first-order valence-corrected chi connectivity index (χ1v) is 10.8. The fourth-order valence-corrected chi connectivity index (χ4v) is 3.98. The third-order valence-corrected chi connectivity index (χ3v) is 5.75. The average Bonchev–Trinajstić information content (AvgIpc) is 3.28. The van der Waals surface area contributed by atoms with Crippen LogP contribution in [0.4, 0.5) is 11.5 Å². The van der Waals surface area contributed by atoms with Crippen LogP contribution in [0.5, 0.6) is 0 Å². The molecule has 4 rings (SSSR count). The minimum absolute atomic E-state index is 0.0155. The standard InChI is InChI=1S/C23H28N8O2/c1-6-24-23(33)17-11-31-20(15(17)4)21(25-12-26-31)27-18-10-16(8-7-13(18)2)22(32)28-19-9-14(3)29-30(19)5/h7-10,12,17H,6,11H2,1-5H3,(H,24,33)(H,28,32)(H,25,26,27). The first kappa shape index (κ1) is 22.3. The summed E-state index contributed by atoms with van der Waals surface area (Å²) >= 11 is 0. The Hall–Kier alpha value is -3.95. The van der Waals surface area contributed by atoms with Crippen LogP contribution in [0.2, 0.25) is 0 Å². The lowest BCUT2D eigenvalue weighted by Gasteiger charge is -2.25. The number of hydrogen-bond acceptors (Lipinski definition) is 6. The van der Waals surface area contributed by atoms with E-state index in [4.69, 9.17) is 4.99 Å². The van der Waals surface area contributed by atoms with Gasteiger partial charge in [-0.15, -0.1) is 0 Å². The SMILES string of the molecule is CCNC(=O)C1CN2NC=NC(=Nc3cc(C(=O)Nc4cc(C)nn4C)ccc3C)C2=C1C. The van der Waals surface area contributed by atoms with Gasteiger partial charge in [0.15, 0.2) is 5.84 Å². The zero-order valence-electron chi connectivity index (χ0n) is 19.4. The predicted octanol–water partition coefficient (Wildman–Crippen LogP) is 2.21. The van der Waals surface area contributed by atoms with E-state index in [9.17, 15) is 9.59 Å². The maximum atomic E-state index is 12.8. The maximum Gasteiger partial charge on any atom is 0.256 e. The molecule has 2 aliphatic heterocycles. The number of carbonyl (C=O) groups excluding carboxylic acids is 2. The summed E-state index contributed by atoms with van der Waals surface area (Å²) in [7, 11) is 1.78. The topological polar surface area (TPSA) is 116 Å². The lowest BCUT2D eigenvalue weighted by Crippen LogP contribution is -2.42. The lowest BCUT2D eigenvalue weighted by atomic mass is 10.0. The highest BCUT2D eigenvalue weighted by atomic mass is 16.2. The Morgan fingerprint density at radius 2 is 2.03 bits per heavy atom. The van der Waals surface area contributed by atoms with Crippen LogP contribution < -0.4 is 16.1 Å². The van der Waals surface area contributed by atoms with Crippen LogP contribution in [-0.2, 0) is 11.8 Å². The quantitative estimate of drug-likeness (QED) is 0.649. The van der Waals surface area contributed by atoms with E-state index in [1.807, 2.05) is 44.8 Å². The van der Waals surface area contributed by atoms with Crippen molar-refractivity contribution in [3.05, 3.63) is 52.4 Å². The van der Waals surface area contributed by atoms with Crippen molar-refractivity contribution in [1.29, 1.82) is 0 Å². The summed E-state index contributed by atoms with van der Waals surface area (Å²) in [5.74, 6) is 0.578. The van der Waals surface area contributed by atoms with Crippen molar-refractivity contribution in [2.24, 2.45) is 23.0 Å². The summed E-state index contributed by atoms with van der Waals surface area (Å²) in [6, 6.07) is 7.18. The first-order valence-electron chi connectivity index (χ1n) is 10.8. The number of aryl methyl sites for hydroxylation is 3. The molecule has 2 amide bonds. The Labute approximate surface area is 192 Å². The van der Waals surface area contributed by atoms with Gasteiger partial charge in [0.2, 0.25) is 5.91 Å². The fraction of sp³-hybridized carbons (Fsp3) is 0.348. The van der Waals surface area contributed by atoms with Crippen molar-refractivity contribution in [1.82, 2.24) is 25.5 Å². The molecular weight excluding hydrogens is 420 g/mol. The molecule has 1 atom stereocenters. The van der Waals surface area contributed by atoms with Gasteiger partial charge in [-0.2, -0.15) is 5.10 Å². The van der Waals surface area contributed by atoms with Crippen molar-refractivity contribution in [2.75, 3.05) is 18.4 Å². The van der Waals surface area contributed by atoms with Gasteiger partial charge in [0.05, 0.1) is 23.8 Å². The van der Waals surface area contributed by atoms with E-state index < -0.39 is 0 Å². The Kier molecular flexibility index (Phi) is 5.99. The van der Waals surface area contributed by atoms with Gasteiger partial charge < -0.3 is 10.6 Å². The van der Waals surface area contributed by atoms with E-state index in [0.717, 1.165) is 22.5 Å². The molecule has 0 saturated heterocycles. The fourth-order valence-electron chi connectivity index (χ4n) is 3.98. The summed E-state index contributed by atoms with van der Waals surface area (Å²) < 4.78 is 1.63. The second-order valence-electron chi connectivity index (χ2n) is 8.16. The molecule has 0 bridgehead atoms. The minimum Gasteiger partial charge on any atom is -0.356 e. The van der Waals surface area contributed by atoms with Crippen LogP contribution in [0.25, 0.3) is 0 Å². The zero-order chi connectivity index (χ0) is 23.7. The summed E-state index contributed by atoms with van der Waals surface area (Å²) in [6.45, 7) is 8.72. The van der Waals surface area contributed by atoms with E-state index in [0.29, 0.717) is 36.0 Å². The number of aliphatic imine (C=N–C) groups is 2. The first-order chi connectivity index (χ1) is 15.8. The molecule has 0 radical (unpaired) electrons. The largest absolute Gasteiger partial charge is 0.356 e. The van der Waals surface area contributed by atoms with Gasteiger partial charge in [-0.3, -0.25) is 24.7 Å². The normalized spacial score (nSPS) is 18.4. The number of rotatable bonds is 5. The van der Waals surface area contributed by atoms with E-state index in [2.05, 4.69) is 26.2 Å². The molecule has 2 aromatic rings. The smallest absolute Gasteiger partial charge is 0.256 e. The molecule has 2 aliphatic rings. The highest BCUT2D eigenvalue weighted by Gasteiger charge is 2.37. The van der Waals surface area contributed by atoms with E-state index in [-0.39, 0.29) is 17.7 Å². The van der Waals surface area contributed by atoms with Gasteiger partial charge in [-0.05, 0) is 51.0 Å². The average molecular weight is 449 g/mol. The minimum atomic E-state index is -0.278. The predicted molar refractivity (Wildman–Crippen MR) is 127 cm³/mol. The Morgan fingerprint density at radius 3 is 2.73 bits per heavy atom. The molecule has 10 nitrogen and oxygen atoms in total. The van der Waals surface area contributed by atoms with Crippen LogP contribution in [0.15, 0.2) is 45.5 Å². The van der Waals surface area contributed by atoms with Gasteiger partial charge >= 0.3 is 0 Å². The van der Waals surface area contributed by atoms with Gasteiger partial charge in [0.1, 0.15) is 17.9 Å². The van der Waals surface area contributed by atoms with Gasteiger partial charge in [0.25, 0.3) is 5.91 Å². The molecule has 1 aromatic carbocycles. The van der Waals surface area contributed by atoms with Gasteiger partial charge in [-0.25, -0.2) is 9.98 Å². The van der Waals surface area contributed by atoms with Gasteiger partial charge in [0, 0.05) is 25.2 Å². The van der Waals surface area contributed by atoms with Crippen LogP contribution >= 0.6 is 0 Å². The molecule has 1 unspecified atom stereocenters. The molecule has 10 heteroatoms. The van der Waals surface area contributed by atoms with Gasteiger partial charge in [-0.1, -0.05) is 6.07 Å². The molecule has 33 heavy (non-hydrogen) atoms. The summed E-state index contributed by atoms with van der Waals surface area (Å²) in [5, 5.41) is 11.9. The highest BCUT2D eigenvalue weighted by molar-refractivity contribution is 6.08. The van der Waals surface area contributed by atoms with Crippen LogP contribution in [-0.4, -0.2) is 51.9 Å². The van der Waals surface area contributed by atoms with E-state index in [1.54, 1.807) is 30.2 Å². The summed E-state index contributed by atoms with van der Waals surface area (Å²) in [5.41, 5.74) is 7.62. The van der Waals surface area contributed by atoms with E-state index >= 15 is 0 Å². The number of hydrogen-bond donors (Lipinski definition) is 3. The zero-order valence-corrected chi connectivity index (χ0v) is 19.4. The molecule has 172 valence electrons. The summed E-state index contributed by atoms with van der Waals surface area (Å²) in [4.78, 5) is 34.5. The van der Waals surface area contributed by atoms with Crippen molar-refractivity contribution >= 4 is 35.5 Å². The Bertz CT molecular complexity index is 1210. The van der Waals surface area contributed by atoms with Crippen LogP contribution in [0.3, 0.4) is 0 Å². The molecular formula is C23H28N8O2. The number of fused-ring (bicyclic) bond motifs is 1. The lowest BCUT2D eigenvalue weighted by molar-refractivity contribution is -0.123. The third-order valence-electron chi connectivity index (χ3n) is 5.75. The third kappa shape index (κ3) is 4.36. The molecule has 3 N–H and O–H groups in total. The maximum absolute atomic E-state index is 12.8. The monoisotopic (exact) mass is 448 g/mol. The number of benzene rings is 1. The molecule has 0 fully saturated rings. The highest BCUT2D eigenvalue weighted by Crippen LogP contribution is 2.31. The second kappa shape index (κ2) is 8.89. The van der Waals surface area contributed by atoms with Crippen molar-refractivity contribution in [3.8, 4) is 0 Å². The number of hydrazine groups is 1. The van der Waals surface area contributed by atoms with Crippen LogP contribution in [0.1, 0.15) is 35.5 Å². The Morgan fingerprint density at radius 1 is 1.24 bits per heavy atom. The molecule has 0 spiro atoms. The number of nitrogens with zero attached hydrogens (tertiary/aromatic N) is 5. The van der Waals surface area contributed by atoms with Crippen molar-refractivity contribution in [3.63, 3.8) is 0 Å². The Balaban J connectivity index is 1.65. The number of amidine groups is 1. The number of anilines is 1. The number of amides is 2. The number of aromatic nitrogens is 2.